The van der Waals surface area contributed by atoms with E-state index in [4.69, 9.17) is 10.4 Å². The van der Waals surface area contributed by atoms with Gasteiger partial charge in [-0.3, -0.25) is 0 Å². The molecule has 0 saturated carbocycles. The zero-order valence-electron chi connectivity index (χ0n) is 10.7. The average molecular weight is 299 g/mol. The van der Waals surface area contributed by atoms with Gasteiger partial charge in [0.05, 0.1) is 22.3 Å². The van der Waals surface area contributed by atoms with E-state index in [0.717, 1.165) is 5.75 Å². The third-order valence-corrected chi connectivity index (χ3v) is 5.84. The van der Waals surface area contributed by atoms with E-state index >= 15 is 0 Å². The lowest BCUT2D eigenvalue weighted by Crippen LogP contribution is -2.11. The fourth-order valence-corrected chi connectivity index (χ4v) is 4.17. The van der Waals surface area contributed by atoms with Crippen LogP contribution in [0.15, 0.2) is 29.2 Å². The van der Waals surface area contributed by atoms with Crippen LogP contribution >= 0.6 is 11.8 Å². The molecule has 4 nitrogen and oxygen atoms in total. The zero-order valence-corrected chi connectivity index (χ0v) is 12.4. The molecule has 0 fully saturated rings. The molecule has 0 aliphatic heterocycles. The van der Waals surface area contributed by atoms with E-state index in [2.05, 4.69) is 0 Å². The molecule has 1 N–H and O–H groups in total. The van der Waals surface area contributed by atoms with Crippen molar-refractivity contribution in [3.8, 4) is 6.07 Å². The first-order chi connectivity index (χ1) is 8.99. The number of sulfone groups is 1. The first-order valence-corrected chi connectivity index (χ1v) is 8.72. The fourth-order valence-electron chi connectivity index (χ4n) is 1.36. The molecule has 0 spiro atoms. The summed E-state index contributed by atoms with van der Waals surface area (Å²) in [6, 6.07) is 7.90. The molecule has 1 atom stereocenters. The Morgan fingerprint density at radius 2 is 2.00 bits per heavy atom. The third-order valence-electron chi connectivity index (χ3n) is 2.55. The highest BCUT2D eigenvalue weighted by Crippen LogP contribution is 2.15. The molecule has 0 aliphatic carbocycles. The highest BCUT2D eigenvalue weighted by molar-refractivity contribution is 8.00. The quantitative estimate of drug-likeness (QED) is 0.775. The monoisotopic (exact) mass is 299 g/mol. The minimum absolute atomic E-state index is 0.0711. The molecule has 1 rings (SSSR count). The van der Waals surface area contributed by atoms with E-state index in [1.807, 2.05) is 13.0 Å². The van der Waals surface area contributed by atoms with Crippen LogP contribution in [0.3, 0.4) is 0 Å². The van der Waals surface area contributed by atoms with Crippen molar-refractivity contribution in [2.75, 3.05) is 23.9 Å². The number of nitrogens with zero attached hydrogens (tertiary/aromatic N) is 1. The second-order valence-corrected chi connectivity index (χ2v) is 7.58. The number of hydrogen-bond donors (Lipinski definition) is 1. The molecule has 1 aromatic carbocycles. The second-order valence-electron chi connectivity index (χ2n) is 4.32. The Morgan fingerprint density at radius 3 is 2.53 bits per heavy atom. The molecule has 6 heteroatoms. The van der Waals surface area contributed by atoms with Gasteiger partial charge >= 0.3 is 0 Å². The molecule has 19 heavy (non-hydrogen) atoms. The molecule has 0 amide bonds. The second kappa shape index (κ2) is 7.53. The van der Waals surface area contributed by atoms with Crippen LogP contribution in [0.2, 0.25) is 0 Å². The lowest BCUT2D eigenvalue weighted by atomic mass is 10.2. The predicted molar refractivity (Wildman–Crippen MR) is 76.8 cm³/mol. The number of benzene rings is 1. The molecule has 0 aromatic heterocycles. The fraction of sp³-hybridized carbons (Fsp3) is 0.462. The summed E-state index contributed by atoms with van der Waals surface area (Å²) in [5.74, 6) is 1.51. The summed E-state index contributed by atoms with van der Waals surface area (Å²) in [4.78, 5) is 0.252. The van der Waals surface area contributed by atoms with Crippen LogP contribution in [0, 0.1) is 17.2 Å². The average Bonchev–Trinajstić information content (AvgIpc) is 2.43. The van der Waals surface area contributed by atoms with Crippen LogP contribution in [0.1, 0.15) is 12.5 Å². The molecular weight excluding hydrogens is 282 g/mol. The van der Waals surface area contributed by atoms with E-state index in [1.54, 1.807) is 0 Å². The summed E-state index contributed by atoms with van der Waals surface area (Å²) in [6.07, 6.45) is 0. The molecule has 0 aliphatic rings. The molecule has 1 aromatic rings. The smallest absolute Gasteiger partial charge is 0.179 e. The first kappa shape index (κ1) is 16.0. The van der Waals surface area contributed by atoms with Gasteiger partial charge in [-0.2, -0.15) is 17.0 Å². The van der Waals surface area contributed by atoms with Crippen molar-refractivity contribution in [2.24, 2.45) is 5.92 Å². The van der Waals surface area contributed by atoms with Gasteiger partial charge in [-0.05, 0) is 35.9 Å². The van der Waals surface area contributed by atoms with Crippen LogP contribution in [0.5, 0.6) is 0 Å². The van der Waals surface area contributed by atoms with E-state index in [1.165, 1.54) is 36.0 Å². The van der Waals surface area contributed by atoms with Gasteiger partial charge in [0.2, 0.25) is 0 Å². The molecule has 0 bridgehead atoms. The van der Waals surface area contributed by atoms with Crippen molar-refractivity contribution in [3.63, 3.8) is 0 Å². The summed E-state index contributed by atoms with van der Waals surface area (Å²) in [5.41, 5.74) is 0.449. The predicted octanol–water partition coefficient (Wildman–Crippen LogP) is 1.69. The number of aliphatic hydroxyl groups excluding tert-OH is 1. The van der Waals surface area contributed by atoms with Gasteiger partial charge in [-0.15, -0.1) is 0 Å². The maximum atomic E-state index is 12.0. The molecule has 0 heterocycles. The van der Waals surface area contributed by atoms with E-state index in [-0.39, 0.29) is 23.2 Å². The largest absolute Gasteiger partial charge is 0.396 e. The Hall–Kier alpha value is -1.03. The Kier molecular flexibility index (Phi) is 6.35. The first-order valence-electron chi connectivity index (χ1n) is 5.91. The Morgan fingerprint density at radius 1 is 1.37 bits per heavy atom. The van der Waals surface area contributed by atoms with Crippen molar-refractivity contribution in [3.05, 3.63) is 29.8 Å². The maximum absolute atomic E-state index is 12.0. The van der Waals surface area contributed by atoms with Gasteiger partial charge in [0.25, 0.3) is 0 Å². The normalized spacial score (nSPS) is 12.9. The standard InChI is InChI=1S/C13H17NO3S2/c1-11(9-15)10-18-6-7-19(16,17)13-4-2-12(8-14)3-5-13/h2-5,11,15H,6-7,9-10H2,1H3. The summed E-state index contributed by atoms with van der Waals surface area (Å²) in [5, 5.41) is 17.5. The highest BCUT2D eigenvalue weighted by Gasteiger charge is 2.14. The number of aliphatic hydroxyl groups is 1. The zero-order chi connectivity index (χ0) is 14.3. The minimum atomic E-state index is -3.28. The van der Waals surface area contributed by atoms with Crippen molar-refractivity contribution in [1.82, 2.24) is 0 Å². The Labute approximate surface area is 118 Å². The summed E-state index contributed by atoms with van der Waals surface area (Å²) < 4.78 is 24.0. The SMILES string of the molecule is CC(CO)CSCCS(=O)(=O)c1ccc(C#N)cc1. The highest BCUT2D eigenvalue weighted by atomic mass is 32.2. The van der Waals surface area contributed by atoms with Crippen molar-refractivity contribution in [2.45, 2.75) is 11.8 Å². The molecule has 1 unspecified atom stereocenters. The lowest BCUT2D eigenvalue weighted by Gasteiger charge is -2.07. The maximum Gasteiger partial charge on any atom is 0.179 e. The van der Waals surface area contributed by atoms with Gasteiger partial charge in [0.1, 0.15) is 0 Å². The molecular formula is C13H17NO3S2. The molecule has 0 radical (unpaired) electrons. The van der Waals surface area contributed by atoms with Crippen LogP contribution in [-0.2, 0) is 9.84 Å². The van der Waals surface area contributed by atoms with Crippen molar-refractivity contribution >= 4 is 21.6 Å². The Bertz CT molecular complexity index is 532. The summed E-state index contributed by atoms with van der Waals surface area (Å²) in [6.45, 7) is 2.04. The molecule has 104 valence electrons. The van der Waals surface area contributed by atoms with Gasteiger partial charge in [0.15, 0.2) is 9.84 Å². The van der Waals surface area contributed by atoms with Gasteiger partial charge in [-0.1, -0.05) is 6.92 Å². The van der Waals surface area contributed by atoms with Crippen LogP contribution in [0.25, 0.3) is 0 Å². The Balaban J connectivity index is 2.54. The lowest BCUT2D eigenvalue weighted by molar-refractivity contribution is 0.250. The van der Waals surface area contributed by atoms with Gasteiger partial charge in [0, 0.05) is 12.4 Å². The van der Waals surface area contributed by atoms with Crippen LogP contribution in [-0.4, -0.2) is 37.4 Å². The van der Waals surface area contributed by atoms with Gasteiger partial charge < -0.3 is 5.11 Å². The van der Waals surface area contributed by atoms with Crippen molar-refractivity contribution in [1.29, 1.82) is 5.26 Å². The number of rotatable bonds is 7. The summed E-state index contributed by atoms with van der Waals surface area (Å²) in [7, 11) is -3.28. The topological polar surface area (TPSA) is 78.2 Å². The van der Waals surface area contributed by atoms with Crippen LogP contribution in [0.4, 0.5) is 0 Å². The number of nitriles is 1. The van der Waals surface area contributed by atoms with Gasteiger partial charge in [-0.25, -0.2) is 8.42 Å². The molecule has 0 saturated heterocycles. The number of thioether (sulfide) groups is 1. The number of hydrogen-bond acceptors (Lipinski definition) is 5. The van der Waals surface area contributed by atoms with E-state index < -0.39 is 9.84 Å². The summed E-state index contributed by atoms with van der Waals surface area (Å²) >= 11 is 1.52. The van der Waals surface area contributed by atoms with E-state index in [0.29, 0.717) is 11.3 Å². The van der Waals surface area contributed by atoms with E-state index in [9.17, 15) is 8.42 Å². The third kappa shape index (κ3) is 5.23. The minimum Gasteiger partial charge on any atom is -0.396 e. The van der Waals surface area contributed by atoms with Crippen LogP contribution < -0.4 is 0 Å². The van der Waals surface area contributed by atoms with Crippen molar-refractivity contribution < 1.29 is 13.5 Å².